The minimum atomic E-state index is -0.707. The van der Waals surface area contributed by atoms with E-state index in [9.17, 15) is 9.59 Å². The summed E-state index contributed by atoms with van der Waals surface area (Å²) in [6.07, 6.45) is -0.340. The molecule has 6 nitrogen and oxygen atoms in total. The number of carbonyl (C=O) groups excluding carboxylic acids is 2. The highest BCUT2D eigenvalue weighted by Gasteiger charge is 2.22. The molecule has 1 heterocycles. The van der Waals surface area contributed by atoms with Gasteiger partial charge in [-0.1, -0.05) is 18.2 Å². The van der Waals surface area contributed by atoms with E-state index >= 15 is 0 Å². The highest BCUT2D eigenvalue weighted by molar-refractivity contribution is 6.39. The van der Waals surface area contributed by atoms with Gasteiger partial charge in [-0.3, -0.25) is 9.59 Å². The Kier molecular flexibility index (Phi) is 4.88. The molecule has 2 aromatic rings. The van der Waals surface area contributed by atoms with E-state index in [-0.39, 0.29) is 12.6 Å². The third kappa shape index (κ3) is 4.29. The fourth-order valence-corrected chi connectivity index (χ4v) is 2.69. The topological polar surface area (TPSA) is 76.7 Å². The Morgan fingerprint density at radius 3 is 2.44 bits per heavy atom. The molecule has 2 amide bonds. The lowest BCUT2D eigenvalue weighted by Crippen LogP contribution is -2.44. The summed E-state index contributed by atoms with van der Waals surface area (Å²) in [5, 5.41) is 5.18. The standard InChI is InChI=1S/C19H20N2O4/c1-12-7-13(2)9-14(8-12)21-19(23)18(22)20-10-15-11-24-16-5-3-4-6-17(16)25-15/h3-9,15H,10-11H2,1-2H3,(H,20,22)(H,21,23). The van der Waals surface area contributed by atoms with Gasteiger partial charge < -0.3 is 20.1 Å². The first kappa shape index (κ1) is 16.8. The summed E-state index contributed by atoms with van der Waals surface area (Å²) in [6.45, 7) is 4.37. The van der Waals surface area contributed by atoms with Crippen molar-refractivity contribution in [1.82, 2.24) is 5.32 Å². The average Bonchev–Trinajstić information content (AvgIpc) is 2.58. The normalized spacial score (nSPS) is 15.4. The van der Waals surface area contributed by atoms with E-state index in [1.807, 2.05) is 50.2 Å². The maximum absolute atomic E-state index is 12.0. The second kappa shape index (κ2) is 7.25. The van der Waals surface area contributed by atoms with Gasteiger partial charge in [0.05, 0.1) is 6.54 Å². The molecule has 6 heteroatoms. The largest absolute Gasteiger partial charge is 0.486 e. The predicted molar refractivity (Wildman–Crippen MR) is 93.9 cm³/mol. The maximum Gasteiger partial charge on any atom is 0.313 e. The number of anilines is 1. The summed E-state index contributed by atoms with van der Waals surface area (Å²) >= 11 is 0. The Balaban J connectivity index is 1.51. The minimum Gasteiger partial charge on any atom is -0.486 e. The Hall–Kier alpha value is -3.02. The second-order valence-corrected chi connectivity index (χ2v) is 6.04. The molecule has 1 unspecified atom stereocenters. The van der Waals surface area contributed by atoms with Gasteiger partial charge in [-0.05, 0) is 49.2 Å². The summed E-state index contributed by atoms with van der Waals surface area (Å²) in [5.74, 6) is -0.103. The van der Waals surface area contributed by atoms with Gasteiger partial charge in [0.2, 0.25) is 0 Å². The smallest absolute Gasteiger partial charge is 0.313 e. The number of fused-ring (bicyclic) bond motifs is 1. The van der Waals surface area contributed by atoms with E-state index in [1.165, 1.54) is 0 Å². The fourth-order valence-electron chi connectivity index (χ4n) is 2.69. The number of amides is 2. The van der Waals surface area contributed by atoms with Crippen LogP contribution in [0.25, 0.3) is 0 Å². The zero-order valence-corrected chi connectivity index (χ0v) is 14.2. The van der Waals surface area contributed by atoms with Gasteiger partial charge >= 0.3 is 11.8 Å². The van der Waals surface area contributed by atoms with Gasteiger partial charge in [0.25, 0.3) is 0 Å². The van der Waals surface area contributed by atoms with Crippen LogP contribution in [0.5, 0.6) is 11.5 Å². The van der Waals surface area contributed by atoms with Crippen molar-refractivity contribution < 1.29 is 19.1 Å². The highest BCUT2D eigenvalue weighted by Crippen LogP contribution is 2.30. The summed E-state index contributed by atoms with van der Waals surface area (Å²) in [6, 6.07) is 13.0. The Labute approximate surface area is 146 Å². The van der Waals surface area contributed by atoms with Gasteiger partial charge in [-0.2, -0.15) is 0 Å². The first-order valence-electron chi connectivity index (χ1n) is 8.07. The molecule has 0 aliphatic carbocycles. The second-order valence-electron chi connectivity index (χ2n) is 6.04. The van der Waals surface area contributed by atoms with Crippen LogP contribution in [0.3, 0.4) is 0 Å². The van der Waals surface area contributed by atoms with Crippen molar-refractivity contribution >= 4 is 17.5 Å². The molecule has 2 N–H and O–H groups in total. The van der Waals surface area contributed by atoms with Crippen molar-refractivity contribution in [2.45, 2.75) is 20.0 Å². The molecular weight excluding hydrogens is 320 g/mol. The molecule has 0 fully saturated rings. The average molecular weight is 340 g/mol. The molecule has 0 bridgehead atoms. The van der Waals surface area contributed by atoms with Crippen LogP contribution in [-0.2, 0) is 9.59 Å². The molecule has 0 saturated heterocycles. The van der Waals surface area contributed by atoms with E-state index in [1.54, 1.807) is 6.07 Å². The summed E-state index contributed by atoms with van der Waals surface area (Å²) in [7, 11) is 0. The molecule has 1 aliphatic heterocycles. The van der Waals surface area contributed by atoms with Crippen molar-refractivity contribution in [3.05, 3.63) is 53.6 Å². The highest BCUT2D eigenvalue weighted by atomic mass is 16.6. The number of nitrogens with one attached hydrogen (secondary N) is 2. The fraction of sp³-hybridized carbons (Fsp3) is 0.263. The SMILES string of the molecule is Cc1cc(C)cc(NC(=O)C(=O)NCC2COc3ccccc3O2)c1. The molecule has 0 spiro atoms. The van der Waals surface area contributed by atoms with Crippen molar-refractivity contribution in [2.24, 2.45) is 0 Å². The monoisotopic (exact) mass is 340 g/mol. The predicted octanol–water partition coefficient (Wildman–Crippen LogP) is 2.20. The van der Waals surface area contributed by atoms with Gasteiger partial charge in [0, 0.05) is 5.69 Å². The number of carbonyl (C=O) groups is 2. The number of aryl methyl sites for hydroxylation is 2. The Morgan fingerprint density at radius 2 is 1.72 bits per heavy atom. The van der Waals surface area contributed by atoms with E-state index in [0.29, 0.717) is 23.8 Å². The van der Waals surface area contributed by atoms with Crippen LogP contribution in [-0.4, -0.2) is 31.1 Å². The van der Waals surface area contributed by atoms with Crippen LogP contribution in [0.2, 0.25) is 0 Å². The number of hydrogen-bond donors (Lipinski definition) is 2. The number of rotatable bonds is 3. The summed E-state index contributed by atoms with van der Waals surface area (Å²) < 4.78 is 11.3. The molecule has 130 valence electrons. The molecule has 1 aliphatic rings. The first-order valence-corrected chi connectivity index (χ1v) is 8.07. The van der Waals surface area contributed by atoms with Crippen LogP contribution in [0.15, 0.2) is 42.5 Å². The van der Waals surface area contributed by atoms with E-state index in [2.05, 4.69) is 10.6 Å². The van der Waals surface area contributed by atoms with Gasteiger partial charge in [0.1, 0.15) is 12.7 Å². The summed E-state index contributed by atoms with van der Waals surface area (Å²) in [4.78, 5) is 24.0. The van der Waals surface area contributed by atoms with E-state index in [0.717, 1.165) is 11.1 Å². The van der Waals surface area contributed by atoms with Crippen molar-refractivity contribution in [2.75, 3.05) is 18.5 Å². The lowest BCUT2D eigenvalue weighted by atomic mass is 10.1. The minimum absolute atomic E-state index is 0.188. The maximum atomic E-state index is 12.0. The molecule has 0 radical (unpaired) electrons. The molecule has 3 rings (SSSR count). The molecule has 0 saturated carbocycles. The quantitative estimate of drug-likeness (QED) is 0.840. The molecule has 2 aromatic carbocycles. The molecule has 1 atom stereocenters. The van der Waals surface area contributed by atoms with Crippen LogP contribution in [0.4, 0.5) is 5.69 Å². The lowest BCUT2D eigenvalue weighted by Gasteiger charge is -2.26. The molecular formula is C19H20N2O4. The lowest BCUT2D eigenvalue weighted by molar-refractivity contribution is -0.136. The van der Waals surface area contributed by atoms with Crippen LogP contribution >= 0.6 is 0 Å². The summed E-state index contributed by atoms with van der Waals surface area (Å²) in [5.41, 5.74) is 2.63. The van der Waals surface area contributed by atoms with Crippen molar-refractivity contribution in [3.63, 3.8) is 0 Å². The van der Waals surface area contributed by atoms with Crippen LogP contribution in [0.1, 0.15) is 11.1 Å². The van der Waals surface area contributed by atoms with Crippen LogP contribution < -0.4 is 20.1 Å². The van der Waals surface area contributed by atoms with E-state index in [4.69, 9.17) is 9.47 Å². The van der Waals surface area contributed by atoms with E-state index < -0.39 is 11.8 Å². The first-order chi connectivity index (χ1) is 12.0. The molecule has 0 aromatic heterocycles. The zero-order valence-electron chi connectivity index (χ0n) is 14.2. The Bertz CT molecular complexity index is 784. The van der Waals surface area contributed by atoms with Crippen molar-refractivity contribution in [1.29, 1.82) is 0 Å². The zero-order chi connectivity index (χ0) is 17.8. The third-order valence-corrected chi connectivity index (χ3v) is 3.74. The number of ether oxygens (including phenoxy) is 2. The van der Waals surface area contributed by atoms with Gasteiger partial charge in [0.15, 0.2) is 11.5 Å². The number of hydrogen-bond acceptors (Lipinski definition) is 4. The van der Waals surface area contributed by atoms with Gasteiger partial charge in [-0.25, -0.2) is 0 Å². The number of para-hydroxylation sites is 2. The van der Waals surface area contributed by atoms with Crippen LogP contribution in [0, 0.1) is 13.8 Å². The number of benzene rings is 2. The molecule has 25 heavy (non-hydrogen) atoms. The van der Waals surface area contributed by atoms with Gasteiger partial charge in [-0.15, -0.1) is 0 Å². The third-order valence-electron chi connectivity index (χ3n) is 3.74. The Morgan fingerprint density at radius 1 is 1.04 bits per heavy atom. The van der Waals surface area contributed by atoms with Crippen molar-refractivity contribution in [3.8, 4) is 11.5 Å².